The van der Waals surface area contributed by atoms with E-state index in [-0.39, 0.29) is 10.7 Å². The van der Waals surface area contributed by atoms with E-state index in [9.17, 15) is 9.90 Å². The summed E-state index contributed by atoms with van der Waals surface area (Å²) < 4.78 is 0.265. The first-order valence-corrected chi connectivity index (χ1v) is 8.43. The van der Waals surface area contributed by atoms with Crippen molar-refractivity contribution in [2.45, 2.75) is 70.1 Å². The van der Waals surface area contributed by atoms with Gasteiger partial charge in [-0.15, -0.1) is 0 Å². The van der Waals surface area contributed by atoms with Gasteiger partial charge in [0.25, 0.3) is 0 Å². The highest BCUT2D eigenvalue weighted by Crippen LogP contribution is 2.39. The van der Waals surface area contributed by atoms with Crippen molar-refractivity contribution in [1.82, 2.24) is 5.32 Å². The zero-order chi connectivity index (χ0) is 14.5. The van der Waals surface area contributed by atoms with Gasteiger partial charge in [-0.25, -0.2) is 0 Å². The van der Waals surface area contributed by atoms with E-state index in [0.717, 1.165) is 44.4 Å². The van der Waals surface area contributed by atoms with E-state index >= 15 is 0 Å². The van der Waals surface area contributed by atoms with Crippen LogP contribution in [-0.2, 0) is 4.79 Å². The summed E-state index contributed by atoms with van der Waals surface area (Å²) in [6, 6.07) is 0. The Morgan fingerprint density at radius 2 is 2.16 bits per heavy atom. The first-order valence-electron chi connectivity index (χ1n) is 7.44. The molecule has 0 aliphatic heterocycles. The van der Waals surface area contributed by atoms with Crippen LogP contribution in [0.15, 0.2) is 0 Å². The highest BCUT2D eigenvalue weighted by Gasteiger charge is 2.48. The van der Waals surface area contributed by atoms with Crippen molar-refractivity contribution < 1.29 is 9.90 Å². The average molecular weight is 287 g/mol. The van der Waals surface area contributed by atoms with Gasteiger partial charge in [0.15, 0.2) is 0 Å². The van der Waals surface area contributed by atoms with E-state index in [1.165, 1.54) is 0 Å². The number of carboxylic acids is 1. The molecular formula is C15H29NO2S. The number of rotatable bonds is 7. The van der Waals surface area contributed by atoms with Crippen LogP contribution in [0.3, 0.4) is 0 Å². The maximum atomic E-state index is 11.7. The average Bonchev–Trinajstić information content (AvgIpc) is 2.69. The van der Waals surface area contributed by atoms with Crippen molar-refractivity contribution in [3.8, 4) is 0 Å². The molecule has 1 rings (SSSR count). The third kappa shape index (κ3) is 4.67. The maximum absolute atomic E-state index is 11.7. The summed E-state index contributed by atoms with van der Waals surface area (Å²) in [4.78, 5) is 11.7. The van der Waals surface area contributed by atoms with Crippen LogP contribution in [0, 0.1) is 5.92 Å². The van der Waals surface area contributed by atoms with E-state index in [1.54, 1.807) is 0 Å². The minimum Gasteiger partial charge on any atom is -0.480 e. The van der Waals surface area contributed by atoms with Gasteiger partial charge in [0.1, 0.15) is 5.54 Å². The van der Waals surface area contributed by atoms with Crippen molar-refractivity contribution in [2.24, 2.45) is 5.92 Å². The van der Waals surface area contributed by atoms with E-state index in [2.05, 4.69) is 33.0 Å². The lowest BCUT2D eigenvalue weighted by molar-refractivity contribution is -0.146. The third-order valence-corrected chi connectivity index (χ3v) is 5.20. The van der Waals surface area contributed by atoms with Gasteiger partial charge in [-0.2, -0.15) is 11.8 Å². The largest absolute Gasteiger partial charge is 0.480 e. The van der Waals surface area contributed by atoms with Crippen LogP contribution >= 0.6 is 11.8 Å². The Hall–Kier alpha value is -0.220. The first-order chi connectivity index (χ1) is 8.82. The molecule has 112 valence electrons. The molecule has 2 unspecified atom stereocenters. The molecule has 1 aliphatic carbocycles. The number of hydrogen-bond acceptors (Lipinski definition) is 3. The summed E-state index contributed by atoms with van der Waals surface area (Å²) in [7, 11) is 0. The van der Waals surface area contributed by atoms with Gasteiger partial charge < -0.3 is 10.4 Å². The first kappa shape index (κ1) is 16.8. The van der Waals surface area contributed by atoms with Gasteiger partial charge in [-0.05, 0) is 43.9 Å². The van der Waals surface area contributed by atoms with Crippen LogP contribution in [0.25, 0.3) is 0 Å². The minimum absolute atomic E-state index is 0.265. The molecule has 0 radical (unpaired) electrons. The van der Waals surface area contributed by atoms with Crippen LogP contribution < -0.4 is 5.32 Å². The molecule has 2 atom stereocenters. The van der Waals surface area contributed by atoms with Gasteiger partial charge in [-0.3, -0.25) is 4.79 Å². The van der Waals surface area contributed by atoms with Crippen LogP contribution in [0.1, 0.15) is 59.8 Å². The Morgan fingerprint density at radius 1 is 1.47 bits per heavy atom. The summed E-state index contributed by atoms with van der Waals surface area (Å²) >= 11 is 1.94. The third-order valence-electron chi connectivity index (χ3n) is 3.89. The molecule has 1 saturated carbocycles. The molecule has 19 heavy (non-hydrogen) atoms. The molecule has 2 N–H and O–H groups in total. The minimum atomic E-state index is -0.658. The monoisotopic (exact) mass is 287 g/mol. The van der Waals surface area contributed by atoms with E-state index in [1.807, 2.05) is 11.8 Å². The number of thioether (sulfide) groups is 1. The number of carboxylic acid groups (broad SMARTS) is 1. The molecule has 0 amide bonds. The molecule has 0 bridgehead atoms. The molecular weight excluding hydrogens is 258 g/mol. The van der Waals surface area contributed by atoms with Crippen molar-refractivity contribution in [2.75, 3.05) is 12.3 Å². The normalized spacial score (nSPS) is 27.7. The summed E-state index contributed by atoms with van der Waals surface area (Å²) in [5.74, 6) is 0.687. The molecule has 0 aromatic rings. The van der Waals surface area contributed by atoms with E-state index in [0.29, 0.717) is 0 Å². The van der Waals surface area contributed by atoms with Gasteiger partial charge in [0, 0.05) is 4.75 Å². The van der Waals surface area contributed by atoms with Crippen molar-refractivity contribution in [3.63, 3.8) is 0 Å². The Balaban J connectivity index is 2.61. The quantitative estimate of drug-likeness (QED) is 0.752. The fraction of sp³-hybridized carbons (Fsp3) is 0.933. The van der Waals surface area contributed by atoms with Crippen LogP contribution in [-0.4, -0.2) is 33.7 Å². The zero-order valence-corrected chi connectivity index (χ0v) is 13.6. The fourth-order valence-corrected chi connectivity index (χ4v) is 3.93. The number of hydrogen-bond donors (Lipinski definition) is 2. The molecule has 0 aromatic carbocycles. The summed E-state index contributed by atoms with van der Waals surface area (Å²) in [5.41, 5.74) is -0.658. The van der Waals surface area contributed by atoms with Crippen LogP contribution in [0.2, 0.25) is 0 Å². The molecule has 4 heteroatoms. The Labute approximate surface area is 121 Å². The summed E-state index contributed by atoms with van der Waals surface area (Å²) in [6.07, 6.45) is 4.86. The summed E-state index contributed by atoms with van der Waals surface area (Å²) in [6.45, 7) is 9.53. The Bertz CT molecular complexity index is 301. The summed E-state index contributed by atoms with van der Waals surface area (Å²) in [5, 5.41) is 13.0. The van der Waals surface area contributed by atoms with E-state index < -0.39 is 11.5 Å². The lowest BCUT2D eigenvalue weighted by Gasteiger charge is -2.33. The van der Waals surface area contributed by atoms with Gasteiger partial charge in [0.05, 0.1) is 0 Å². The molecule has 0 saturated heterocycles. The fourth-order valence-electron chi connectivity index (χ4n) is 2.91. The smallest absolute Gasteiger partial charge is 0.324 e. The van der Waals surface area contributed by atoms with Gasteiger partial charge in [0.2, 0.25) is 0 Å². The predicted molar refractivity (Wildman–Crippen MR) is 82.8 cm³/mol. The number of aliphatic carboxylic acids is 1. The van der Waals surface area contributed by atoms with Crippen molar-refractivity contribution in [1.29, 1.82) is 0 Å². The van der Waals surface area contributed by atoms with E-state index in [4.69, 9.17) is 0 Å². The maximum Gasteiger partial charge on any atom is 0.324 e. The number of carbonyl (C=O) groups is 1. The second-order valence-electron chi connectivity index (χ2n) is 6.54. The number of nitrogens with one attached hydrogen (secondary N) is 1. The second-order valence-corrected chi connectivity index (χ2v) is 8.46. The molecule has 3 nitrogen and oxygen atoms in total. The van der Waals surface area contributed by atoms with Crippen LogP contribution in [0.4, 0.5) is 0 Å². The Morgan fingerprint density at radius 3 is 2.68 bits per heavy atom. The zero-order valence-electron chi connectivity index (χ0n) is 12.8. The van der Waals surface area contributed by atoms with Crippen molar-refractivity contribution >= 4 is 17.7 Å². The second kappa shape index (κ2) is 6.98. The highest BCUT2D eigenvalue weighted by atomic mass is 32.2. The lowest BCUT2D eigenvalue weighted by Crippen LogP contribution is -2.55. The molecule has 1 aliphatic rings. The van der Waals surface area contributed by atoms with Crippen LogP contribution in [0.5, 0.6) is 0 Å². The van der Waals surface area contributed by atoms with Crippen molar-refractivity contribution in [3.05, 3.63) is 0 Å². The standard InChI is InChI=1S/C15H29NO2S/c1-5-10-16-15(13(17)18)9-6-7-12(15)8-11-19-14(2,3)4/h12,16H,5-11H2,1-4H3,(H,17,18). The Kier molecular flexibility index (Phi) is 6.18. The SMILES string of the molecule is CCCNC1(C(=O)O)CCCC1CCSC(C)(C)C. The predicted octanol–water partition coefficient (Wildman–Crippen LogP) is 3.53. The van der Waals surface area contributed by atoms with Gasteiger partial charge in [-0.1, -0.05) is 34.1 Å². The molecule has 0 spiro atoms. The van der Waals surface area contributed by atoms with Gasteiger partial charge >= 0.3 is 5.97 Å². The highest BCUT2D eigenvalue weighted by molar-refractivity contribution is 8.00. The molecule has 0 aromatic heterocycles. The molecule has 1 fully saturated rings. The lowest BCUT2D eigenvalue weighted by atomic mass is 9.85. The molecule has 0 heterocycles. The topological polar surface area (TPSA) is 49.3 Å².